The first kappa shape index (κ1) is 24.4. The number of hydrogen-bond acceptors (Lipinski definition) is 6. The van der Waals surface area contributed by atoms with Crippen molar-refractivity contribution in [3.05, 3.63) is 48.5 Å². The molecule has 3 aliphatic heterocycles. The van der Waals surface area contributed by atoms with Crippen LogP contribution in [0.4, 0.5) is 5.69 Å². The van der Waals surface area contributed by atoms with Gasteiger partial charge in [-0.25, -0.2) is 8.42 Å². The number of piperazine rings is 1. The maximum Gasteiger partial charge on any atom is 0.243 e. The summed E-state index contributed by atoms with van der Waals surface area (Å²) in [5.41, 5.74) is 3.45. The van der Waals surface area contributed by atoms with Gasteiger partial charge in [0.25, 0.3) is 0 Å². The monoisotopic (exact) mass is 523 g/mol. The van der Waals surface area contributed by atoms with E-state index in [4.69, 9.17) is 0 Å². The van der Waals surface area contributed by atoms with Crippen LogP contribution in [0.1, 0.15) is 12.8 Å². The van der Waals surface area contributed by atoms with Gasteiger partial charge in [0.15, 0.2) is 0 Å². The van der Waals surface area contributed by atoms with Gasteiger partial charge in [-0.1, -0.05) is 18.2 Å². The van der Waals surface area contributed by atoms with Gasteiger partial charge in [0, 0.05) is 73.7 Å². The molecule has 3 aromatic rings. The van der Waals surface area contributed by atoms with E-state index < -0.39 is 22.2 Å². The lowest BCUT2D eigenvalue weighted by molar-refractivity contribution is -0.140. The van der Waals surface area contributed by atoms with Gasteiger partial charge in [-0.2, -0.15) is 4.31 Å². The van der Waals surface area contributed by atoms with Crippen LogP contribution in [0.2, 0.25) is 0 Å². The standard InChI is InChI=1S/C27H33N5O4S/c1-29-12-14-30(15-13-29)27(34)26-9-11-32(26)37(35,36)21-6-7-25(31-10-8-20(33)18-31)22(17-21)24-16-19-4-2-3-5-23(19)28-24/h2-7,16-17,20,26,28,33H,8-15,18H2,1H3/t20-,26-/m0/s1. The second-order valence-electron chi connectivity index (χ2n) is 10.4. The average molecular weight is 524 g/mol. The summed E-state index contributed by atoms with van der Waals surface area (Å²) in [6.07, 6.45) is 0.820. The van der Waals surface area contributed by atoms with E-state index in [-0.39, 0.29) is 10.8 Å². The van der Waals surface area contributed by atoms with Gasteiger partial charge >= 0.3 is 0 Å². The Kier molecular flexibility index (Phi) is 6.22. The van der Waals surface area contributed by atoms with Crippen molar-refractivity contribution in [2.45, 2.75) is 29.9 Å². The number of hydrogen-bond donors (Lipinski definition) is 2. The van der Waals surface area contributed by atoms with Crippen LogP contribution < -0.4 is 4.90 Å². The van der Waals surface area contributed by atoms with Crippen molar-refractivity contribution in [1.29, 1.82) is 0 Å². The number of aliphatic hydroxyl groups is 1. The summed E-state index contributed by atoms with van der Waals surface area (Å²) in [7, 11) is -1.84. The van der Waals surface area contributed by atoms with E-state index in [1.165, 1.54) is 4.31 Å². The van der Waals surface area contributed by atoms with Gasteiger partial charge in [-0.3, -0.25) is 4.79 Å². The molecule has 2 atom stereocenters. The van der Waals surface area contributed by atoms with Crippen molar-refractivity contribution in [3.63, 3.8) is 0 Å². The smallest absolute Gasteiger partial charge is 0.243 e. The minimum atomic E-state index is -3.86. The molecule has 0 unspecified atom stereocenters. The molecule has 3 saturated heterocycles. The first-order valence-electron chi connectivity index (χ1n) is 13.0. The molecule has 3 fully saturated rings. The second kappa shape index (κ2) is 9.43. The number of aromatic nitrogens is 1. The maximum absolute atomic E-state index is 13.8. The van der Waals surface area contributed by atoms with Crippen LogP contribution in [-0.2, 0) is 14.8 Å². The molecule has 10 heteroatoms. The van der Waals surface area contributed by atoms with Gasteiger partial charge in [0.1, 0.15) is 6.04 Å². The van der Waals surface area contributed by atoms with Crippen LogP contribution in [-0.4, -0.2) is 104 Å². The largest absolute Gasteiger partial charge is 0.391 e. The predicted molar refractivity (Wildman–Crippen MR) is 143 cm³/mol. The third kappa shape index (κ3) is 4.41. The summed E-state index contributed by atoms with van der Waals surface area (Å²) < 4.78 is 28.9. The molecule has 196 valence electrons. The number of β-amino-alcohol motifs (C(OH)–C–C–N with tert-alkyl or cyclic N) is 1. The molecule has 3 aliphatic rings. The Labute approximate surface area is 217 Å². The normalized spacial score (nSPS) is 23.5. The van der Waals surface area contributed by atoms with E-state index in [0.717, 1.165) is 40.9 Å². The average Bonchev–Trinajstić information content (AvgIpc) is 3.49. The van der Waals surface area contributed by atoms with Crippen molar-refractivity contribution < 1.29 is 18.3 Å². The fraction of sp³-hybridized carbons (Fsp3) is 0.444. The van der Waals surface area contributed by atoms with E-state index in [2.05, 4.69) is 14.8 Å². The highest BCUT2D eigenvalue weighted by molar-refractivity contribution is 7.89. The van der Waals surface area contributed by atoms with Gasteiger partial charge in [0.2, 0.25) is 15.9 Å². The minimum Gasteiger partial charge on any atom is -0.391 e. The number of para-hydroxylation sites is 1. The topological polar surface area (TPSA) is 100 Å². The number of carbonyl (C=O) groups excluding carboxylic acids is 1. The Morgan fingerprint density at radius 3 is 2.43 bits per heavy atom. The number of H-pyrrole nitrogens is 1. The quantitative estimate of drug-likeness (QED) is 0.530. The van der Waals surface area contributed by atoms with Gasteiger partial charge < -0.3 is 24.8 Å². The van der Waals surface area contributed by atoms with Crippen molar-refractivity contribution in [3.8, 4) is 11.3 Å². The Bertz CT molecular complexity index is 1400. The molecule has 0 aliphatic carbocycles. The number of amides is 1. The molecule has 37 heavy (non-hydrogen) atoms. The molecule has 2 N–H and O–H groups in total. The highest BCUT2D eigenvalue weighted by atomic mass is 32.2. The number of nitrogens with one attached hydrogen (secondary N) is 1. The first-order chi connectivity index (χ1) is 17.8. The zero-order valence-corrected chi connectivity index (χ0v) is 21.8. The fourth-order valence-corrected chi connectivity index (χ4v) is 7.27. The third-order valence-electron chi connectivity index (χ3n) is 7.97. The number of aromatic amines is 1. The molecule has 0 bridgehead atoms. The molecule has 6 rings (SSSR count). The summed E-state index contributed by atoms with van der Waals surface area (Å²) in [4.78, 5) is 22.9. The lowest BCUT2D eigenvalue weighted by Gasteiger charge is -2.42. The number of sulfonamides is 1. The molecule has 4 heterocycles. The molecular weight excluding hydrogens is 490 g/mol. The first-order valence-corrected chi connectivity index (χ1v) is 14.4. The van der Waals surface area contributed by atoms with Crippen molar-refractivity contribution in [1.82, 2.24) is 19.1 Å². The summed E-state index contributed by atoms with van der Waals surface area (Å²) in [6, 6.07) is 14.5. The summed E-state index contributed by atoms with van der Waals surface area (Å²) >= 11 is 0. The van der Waals surface area contributed by atoms with E-state index in [0.29, 0.717) is 45.6 Å². The van der Waals surface area contributed by atoms with Crippen molar-refractivity contribution in [2.75, 3.05) is 57.8 Å². The number of fused-ring (bicyclic) bond motifs is 1. The zero-order chi connectivity index (χ0) is 25.7. The van der Waals surface area contributed by atoms with E-state index in [9.17, 15) is 18.3 Å². The van der Waals surface area contributed by atoms with Crippen LogP contribution in [0.3, 0.4) is 0 Å². The fourth-order valence-electron chi connectivity index (χ4n) is 5.62. The number of rotatable bonds is 5. The minimum absolute atomic E-state index is 0.0959. The van der Waals surface area contributed by atoms with Crippen LogP contribution >= 0.6 is 0 Å². The van der Waals surface area contributed by atoms with Crippen LogP contribution in [0.15, 0.2) is 53.4 Å². The van der Waals surface area contributed by atoms with E-state index >= 15 is 0 Å². The molecule has 1 amide bonds. The number of aliphatic hydroxyl groups excluding tert-OH is 1. The molecule has 0 spiro atoms. The lowest BCUT2D eigenvalue weighted by atomic mass is 10.1. The highest BCUT2D eigenvalue weighted by Gasteiger charge is 2.45. The predicted octanol–water partition coefficient (Wildman–Crippen LogP) is 1.94. The molecule has 0 radical (unpaired) electrons. The van der Waals surface area contributed by atoms with Crippen LogP contribution in [0, 0.1) is 0 Å². The van der Waals surface area contributed by atoms with Crippen LogP contribution in [0.5, 0.6) is 0 Å². The number of nitrogens with zero attached hydrogens (tertiary/aromatic N) is 4. The maximum atomic E-state index is 13.8. The van der Waals surface area contributed by atoms with E-state index in [1.54, 1.807) is 17.0 Å². The van der Waals surface area contributed by atoms with Crippen LogP contribution in [0.25, 0.3) is 22.2 Å². The molecule has 2 aromatic carbocycles. The van der Waals surface area contributed by atoms with Gasteiger partial charge in [0.05, 0.1) is 11.0 Å². The second-order valence-corrected chi connectivity index (χ2v) is 12.3. The highest BCUT2D eigenvalue weighted by Crippen LogP contribution is 2.38. The molecule has 1 aromatic heterocycles. The lowest BCUT2D eigenvalue weighted by Crippen LogP contribution is -2.61. The SMILES string of the molecule is CN1CCN(C(=O)[C@@H]2CCN2S(=O)(=O)c2ccc(N3CC[C@H](O)C3)c(-c3cc4ccccc4[nH]3)c2)CC1. The van der Waals surface area contributed by atoms with E-state index in [1.807, 2.05) is 43.4 Å². The number of carbonyl (C=O) groups is 1. The summed E-state index contributed by atoms with van der Waals surface area (Å²) in [6.45, 7) is 4.40. The number of benzene rings is 2. The molecular formula is C27H33N5O4S. The Balaban J connectivity index is 1.34. The van der Waals surface area contributed by atoms with Crippen molar-refractivity contribution in [2.24, 2.45) is 0 Å². The Morgan fingerprint density at radius 2 is 1.76 bits per heavy atom. The zero-order valence-electron chi connectivity index (χ0n) is 21.0. The molecule has 9 nitrogen and oxygen atoms in total. The third-order valence-corrected chi connectivity index (χ3v) is 9.87. The van der Waals surface area contributed by atoms with Crippen molar-refractivity contribution >= 4 is 32.5 Å². The summed E-state index contributed by atoms with van der Waals surface area (Å²) in [5.74, 6) is -0.0959. The Hall–Kier alpha value is -2.92. The summed E-state index contributed by atoms with van der Waals surface area (Å²) in [5, 5.41) is 11.2. The molecule has 0 saturated carbocycles. The number of anilines is 1. The van der Waals surface area contributed by atoms with Gasteiger partial charge in [-0.05, 0) is 50.2 Å². The number of likely N-dealkylation sites (N-methyl/N-ethyl adjacent to an activating group) is 1. The van der Waals surface area contributed by atoms with Gasteiger partial charge in [-0.15, -0.1) is 0 Å². The Morgan fingerprint density at radius 1 is 0.973 bits per heavy atom.